The maximum absolute atomic E-state index is 11.6. The molecule has 0 unspecified atom stereocenters. The molecular formula is C14H20N4O2. The lowest BCUT2D eigenvalue weighted by molar-refractivity contribution is -0.120. The number of pyridine rings is 1. The first-order valence-corrected chi connectivity index (χ1v) is 6.60. The van der Waals surface area contributed by atoms with E-state index in [1.165, 1.54) is 0 Å². The smallest absolute Gasteiger partial charge is 0.234 e. The quantitative estimate of drug-likeness (QED) is 0.723. The van der Waals surface area contributed by atoms with Crippen LogP contribution in [-0.4, -0.2) is 42.1 Å². The molecule has 0 atom stereocenters. The highest BCUT2D eigenvalue weighted by molar-refractivity contribution is 5.77. The number of nitrogens with one attached hydrogen (secondary N) is 2. The zero-order valence-corrected chi connectivity index (χ0v) is 11.8. The van der Waals surface area contributed by atoms with Crippen LogP contribution in [0.3, 0.4) is 0 Å². The van der Waals surface area contributed by atoms with Gasteiger partial charge in [-0.3, -0.25) is 4.79 Å². The molecule has 0 aliphatic rings. The molecule has 20 heavy (non-hydrogen) atoms. The number of aryl methyl sites for hydroxylation is 1. The molecule has 0 saturated heterocycles. The number of nitrogens with zero attached hydrogens (tertiary/aromatic N) is 2. The van der Waals surface area contributed by atoms with Crippen molar-refractivity contribution >= 4 is 11.6 Å². The molecule has 0 radical (unpaired) electrons. The summed E-state index contributed by atoms with van der Waals surface area (Å²) >= 11 is 0. The van der Waals surface area contributed by atoms with E-state index in [0.717, 1.165) is 16.9 Å². The number of ether oxygens (including phenoxy) is 1. The average Bonchev–Trinajstić information content (AvgIpc) is 2.86. The van der Waals surface area contributed by atoms with E-state index < -0.39 is 0 Å². The fourth-order valence-electron chi connectivity index (χ4n) is 1.92. The van der Waals surface area contributed by atoms with Gasteiger partial charge in [-0.1, -0.05) is 6.07 Å². The van der Waals surface area contributed by atoms with Crippen molar-refractivity contribution in [2.45, 2.75) is 13.5 Å². The van der Waals surface area contributed by atoms with Crippen molar-refractivity contribution in [2.75, 3.05) is 26.8 Å². The number of amides is 1. The third-order valence-corrected chi connectivity index (χ3v) is 2.96. The summed E-state index contributed by atoms with van der Waals surface area (Å²) in [4.78, 5) is 16.1. The third kappa shape index (κ3) is 3.79. The fraction of sp³-hybridized carbons (Fsp3) is 0.429. The number of rotatable bonds is 7. The minimum atomic E-state index is -0.0464. The molecule has 2 rings (SSSR count). The topological polar surface area (TPSA) is 67.7 Å². The molecule has 6 nitrogen and oxygen atoms in total. The van der Waals surface area contributed by atoms with Gasteiger partial charge in [0.05, 0.1) is 25.4 Å². The van der Waals surface area contributed by atoms with E-state index in [4.69, 9.17) is 4.74 Å². The highest BCUT2D eigenvalue weighted by atomic mass is 16.5. The van der Waals surface area contributed by atoms with Gasteiger partial charge >= 0.3 is 0 Å². The van der Waals surface area contributed by atoms with Gasteiger partial charge < -0.3 is 19.8 Å². The predicted molar refractivity (Wildman–Crippen MR) is 76.5 cm³/mol. The molecule has 0 aliphatic carbocycles. The normalized spacial score (nSPS) is 10.9. The van der Waals surface area contributed by atoms with Gasteiger partial charge in [-0.25, -0.2) is 4.98 Å². The summed E-state index contributed by atoms with van der Waals surface area (Å²) in [6.07, 6.45) is 3.88. The first-order valence-electron chi connectivity index (χ1n) is 6.60. The van der Waals surface area contributed by atoms with Crippen LogP contribution >= 0.6 is 0 Å². The van der Waals surface area contributed by atoms with E-state index in [2.05, 4.69) is 15.6 Å². The summed E-state index contributed by atoms with van der Waals surface area (Å²) in [5.41, 5.74) is 2.89. The van der Waals surface area contributed by atoms with Crippen molar-refractivity contribution in [3.05, 3.63) is 35.8 Å². The van der Waals surface area contributed by atoms with E-state index in [-0.39, 0.29) is 12.5 Å². The first-order chi connectivity index (χ1) is 9.70. The Balaban J connectivity index is 1.83. The lowest BCUT2D eigenvalue weighted by Crippen LogP contribution is -2.34. The van der Waals surface area contributed by atoms with Gasteiger partial charge in [-0.05, 0) is 18.6 Å². The van der Waals surface area contributed by atoms with Gasteiger partial charge in [0.25, 0.3) is 0 Å². The summed E-state index contributed by atoms with van der Waals surface area (Å²) in [5, 5.41) is 5.83. The van der Waals surface area contributed by atoms with Gasteiger partial charge in [-0.15, -0.1) is 0 Å². The summed E-state index contributed by atoms with van der Waals surface area (Å²) in [7, 11) is 1.63. The van der Waals surface area contributed by atoms with Crippen LogP contribution < -0.4 is 10.6 Å². The van der Waals surface area contributed by atoms with Crippen LogP contribution in [-0.2, 0) is 16.1 Å². The molecule has 108 valence electrons. The number of hydrogen-bond acceptors (Lipinski definition) is 4. The first kappa shape index (κ1) is 14.5. The van der Waals surface area contributed by atoms with Crippen LogP contribution in [0.4, 0.5) is 0 Å². The van der Waals surface area contributed by atoms with Crippen LogP contribution in [0.25, 0.3) is 5.65 Å². The molecule has 1 amide bonds. The molecule has 0 saturated carbocycles. The second kappa shape index (κ2) is 7.02. The molecule has 2 N–H and O–H groups in total. The zero-order chi connectivity index (χ0) is 14.4. The van der Waals surface area contributed by atoms with Crippen molar-refractivity contribution in [3.63, 3.8) is 0 Å². The Morgan fingerprint density at radius 2 is 2.35 bits per heavy atom. The number of aromatic nitrogens is 2. The Bertz CT molecular complexity index is 580. The van der Waals surface area contributed by atoms with Crippen molar-refractivity contribution in [3.8, 4) is 0 Å². The van der Waals surface area contributed by atoms with E-state index >= 15 is 0 Å². The van der Waals surface area contributed by atoms with Gasteiger partial charge in [-0.2, -0.15) is 0 Å². The number of methoxy groups -OCH3 is 1. The molecule has 2 heterocycles. The molecule has 6 heteroatoms. The molecular weight excluding hydrogens is 256 g/mol. The van der Waals surface area contributed by atoms with E-state index in [9.17, 15) is 4.79 Å². The highest BCUT2D eigenvalue weighted by Gasteiger charge is 2.05. The molecule has 2 aromatic heterocycles. The Kier molecular flexibility index (Phi) is 5.09. The van der Waals surface area contributed by atoms with Crippen LogP contribution in [0.5, 0.6) is 0 Å². The van der Waals surface area contributed by atoms with Crippen LogP contribution in [0.15, 0.2) is 24.5 Å². The molecule has 0 aliphatic heterocycles. The van der Waals surface area contributed by atoms with Gasteiger partial charge in [0.1, 0.15) is 5.65 Å². The van der Waals surface area contributed by atoms with Crippen molar-refractivity contribution < 1.29 is 9.53 Å². The summed E-state index contributed by atoms with van der Waals surface area (Å²) < 4.78 is 6.86. The summed E-state index contributed by atoms with van der Waals surface area (Å²) in [6.45, 7) is 4.00. The second-order valence-electron chi connectivity index (χ2n) is 4.60. The number of hydrogen-bond donors (Lipinski definition) is 2. The maximum atomic E-state index is 11.6. The Hall–Kier alpha value is -1.92. The number of imidazole rings is 1. The Morgan fingerprint density at radius 3 is 3.10 bits per heavy atom. The Morgan fingerprint density at radius 1 is 1.50 bits per heavy atom. The van der Waals surface area contributed by atoms with Gasteiger partial charge in [0.2, 0.25) is 5.91 Å². The molecule has 0 fully saturated rings. The number of fused-ring (bicyclic) bond motifs is 1. The van der Waals surface area contributed by atoms with Gasteiger partial charge in [0.15, 0.2) is 0 Å². The predicted octanol–water partition coefficient (Wildman–Crippen LogP) is 0.495. The SMILES string of the molecule is COCCNCC(=O)NCc1cn2cccc(C)c2n1. The summed E-state index contributed by atoms with van der Waals surface area (Å²) in [5.74, 6) is -0.0464. The average molecular weight is 276 g/mol. The highest BCUT2D eigenvalue weighted by Crippen LogP contribution is 2.09. The van der Waals surface area contributed by atoms with Crippen molar-refractivity contribution in [1.29, 1.82) is 0 Å². The van der Waals surface area contributed by atoms with Crippen molar-refractivity contribution in [1.82, 2.24) is 20.0 Å². The minimum absolute atomic E-state index is 0.0464. The standard InChI is InChI=1S/C14H20N4O2/c1-11-4-3-6-18-10-12(17-14(11)18)8-16-13(19)9-15-5-7-20-2/h3-4,6,10,15H,5,7-9H2,1-2H3,(H,16,19). The largest absolute Gasteiger partial charge is 0.383 e. The van der Waals surface area contributed by atoms with Gasteiger partial charge in [0, 0.05) is 26.0 Å². The van der Waals surface area contributed by atoms with E-state index in [0.29, 0.717) is 19.7 Å². The maximum Gasteiger partial charge on any atom is 0.234 e. The monoisotopic (exact) mass is 276 g/mol. The van der Waals surface area contributed by atoms with Crippen LogP contribution in [0, 0.1) is 6.92 Å². The molecule has 0 bridgehead atoms. The lowest BCUT2D eigenvalue weighted by Gasteiger charge is -2.04. The molecule has 2 aromatic rings. The Labute approximate surface area is 118 Å². The summed E-state index contributed by atoms with van der Waals surface area (Å²) in [6, 6.07) is 4.00. The lowest BCUT2D eigenvalue weighted by atomic mass is 10.3. The molecule has 0 aromatic carbocycles. The van der Waals surface area contributed by atoms with E-state index in [1.807, 2.05) is 35.9 Å². The fourth-order valence-corrected chi connectivity index (χ4v) is 1.92. The minimum Gasteiger partial charge on any atom is -0.383 e. The third-order valence-electron chi connectivity index (χ3n) is 2.96. The second-order valence-corrected chi connectivity index (χ2v) is 4.60. The number of carbonyl (C=O) groups is 1. The van der Waals surface area contributed by atoms with Crippen molar-refractivity contribution in [2.24, 2.45) is 0 Å². The van der Waals surface area contributed by atoms with E-state index in [1.54, 1.807) is 7.11 Å². The zero-order valence-electron chi connectivity index (χ0n) is 11.8. The molecule has 0 spiro atoms. The van der Waals surface area contributed by atoms with Crippen LogP contribution in [0.1, 0.15) is 11.3 Å². The number of carbonyl (C=O) groups excluding carboxylic acids is 1. The van der Waals surface area contributed by atoms with Crippen LogP contribution in [0.2, 0.25) is 0 Å².